The van der Waals surface area contributed by atoms with Gasteiger partial charge in [-0.3, -0.25) is 10.1 Å². The normalized spacial score (nSPS) is 10.9. The molecule has 1 N–H and O–H groups in total. The number of pyridine rings is 1. The number of nitrogens with zero attached hydrogens (tertiary/aromatic N) is 5. The second-order valence-electron chi connectivity index (χ2n) is 6.31. The van der Waals surface area contributed by atoms with Gasteiger partial charge in [0.2, 0.25) is 5.95 Å². The van der Waals surface area contributed by atoms with Gasteiger partial charge < -0.3 is 9.88 Å². The van der Waals surface area contributed by atoms with E-state index >= 15 is 0 Å². The number of hydrogen-bond acceptors (Lipinski definition) is 6. The molecule has 0 saturated heterocycles. The number of rotatable bonds is 6. The fourth-order valence-corrected chi connectivity index (χ4v) is 3.13. The van der Waals surface area contributed by atoms with E-state index in [0.717, 1.165) is 35.3 Å². The fourth-order valence-electron chi connectivity index (χ4n) is 3.13. The summed E-state index contributed by atoms with van der Waals surface area (Å²) in [5, 5.41) is 15.0. The summed E-state index contributed by atoms with van der Waals surface area (Å²) in [5.74, 6) is 0.373. The summed E-state index contributed by atoms with van der Waals surface area (Å²) in [6, 6.07) is 12.0. The second kappa shape index (κ2) is 7.43. The number of nitrogens with one attached hydrogen (secondary N) is 1. The SMILES string of the molecule is CCCn1cc(-c2ccnc(Nc3cccc([N+](=O)[O-])c3)n2)c2cccnc21. The summed E-state index contributed by atoms with van der Waals surface area (Å²) < 4.78 is 2.13. The molecule has 0 radical (unpaired) electrons. The Balaban J connectivity index is 1.71. The Labute approximate surface area is 161 Å². The maximum Gasteiger partial charge on any atom is 0.271 e. The smallest absolute Gasteiger partial charge is 0.271 e. The third kappa shape index (κ3) is 3.39. The zero-order valence-electron chi connectivity index (χ0n) is 15.2. The predicted octanol–water partition coefficient (Wildman–Crippen LogP) is 4.56. The summed E-state index contributed by atoms with van der Waals surface area (Å²) in [6.45, 7) is 3.00. The van der Waals surface area contributed by atoms with Gasteiger partial charge in [0.15, 0.2) is 0 Å². The van der Waals surface area contributed by atoms with Crippen LogP contribution in [0.4, 0.5) is 17.3 Å². The van der Waals surface area contributed by atoms with Crippen molar-refractivity contribution in [3.05, 3.63) is 71.2 Å². The molecular weight excluding hydrogens is 356 g/mol. The van der Waals surface area contributed by atoms with Crippen LogP contribution in [0.5, 0.6) is 0 Å². The van der Waals surface area contributed by atoms with Gasteiger partial charge in [0.05, 0.1) is 10.6 Å². The summed E-state index contributed by atoms with van der Waals surface area (Å²) in [7, 11) is 0. The fraction of sp³-hybridized carbons (Fsp3) is 0.150. The van der Waals surface area contributed by atoms with Crippen LogP contribution in [0.1, 0.15) is 13.3 Å². The number of non-ortho nitro benzene ring substituents is 1. The first-order valence-electron chi connectivity index (χ1n) is 8.94. The van der Waals surface area contributed by atoms with Crippen LogP contribution in [0.3, 0.4) is 0 Å². The van der Waals surface area contributed by atoms with Crippen molar-refractivity contribution in [3.63, 3.8) is 0 Å². The molecule has 8 heteroatoms. The van der Waals surface area contributed by atoms with Gasteiger partial charge in [-0.2, -0.15) is 0 Å². The largest absolute Gasteiger partial charge is 0.332 e. The van der Waals surface area contributed by atoms with E-state index in [1.165, 1.54) is 12.1 Å². The molecule has 0 amide bonds. The van der Waals surface area contributed by atoms with Crippen LogP contribution in [-0.4, -0.2) is 24.4 Å². The highest BCUT2D eigenvalue weighted by molar-refractivity contribution is 5.93. The van der Waals surface area contributed by atoms with Crippen molar-refractivity contribution in [3.8, 4) is 11.3 Å². The zero-order valence-corrected chi connectivity index (χ0v) is 15.2. The van der Waals surface area contributed by atoms with Gasteiger partial charge in [-0.25, -0.2) is 15.0 Å². The van der Waals surface area contributed by atoms with Crippen molar-refractivity contribution in [2.24, 2.45) is 0 Å². The van der Waals surface area contributed by atoms with Gasteiger partial charge in [-0.1, -0.05) is 13.0 Å². The minimum atomic E-state index is -0.432. The predicted molar refractivity (Wildman–Crippen MR) is 107 cm³/mol. The standard InChI is InChI=1S/C20H18N6O2/c1-2-11-25-13-17(16-7-4-9-21-19(16)25)18-8-10-22-20(24-18)23-14-5-3-6-15(12-14)26(27)28/h3-10,12-13H,2,11H2,1H3,(H,22,23,24). The van der Waals surface area contributed by atoms with E-state index in [1.54, 1.807) is 24.5 Å². The molecule has 4 rings (SSSR count). The molecule has 0 unspecified atom stereocenters. The number of nitro benzene ring substituents is 1. The van der Waals surface area contributed by atoms with Crippen LogP contribution < -0.4 is 5.32 Å². The van der Waals surface area contributed by atoms with Gasteiger partial charge in [0.25, 0.3) is 5.69 Å². The average Bonchev–Trinajstić information content (AvgIpc) is 3.08. The molecule has 0 aliphatic carbocycles. The lowest BCUT2D eigenvalue weighted by atomic mass is 10.1. The number of fused-ring (bicyclic) bond motifs is 1. The number of benzene rings is 1. The Bertz CT molecular complexity index is 1150. The lowest BCUT2D eigenvalue weighted by molar-refractivity contribution is -0.384. The third-order valence-corrected chi connectivity index (χ3v) is 4.34. The Hall–Kier alpha value is -3.81. The van der Waals surface area contributed by atoms with Crippen LogP contribution >= 0.6 is 0 Å². The van der Waals surface area contributed by atoms with E-state index < -0.39 is 4.92 Å². The van der Waals surface area contributed by atoms with Crippen molar-refractivity contribution in [1.82, 2.24) is 19.5 Å². The molecule has 3 heterocycles. The van der Waals surface area contributed by atoms with E-state index in [4.69, 9.17) is 0 Å². The Kier molecular flexibility index (Phi) is 4.67. The number of aryl methyl sites for hydroxylation is 1. The molecule has 140 valence electrons. The highest BCUT2D eigenvalue weighted by Gasteiger charge is 2.13. The number of aromatic nitrogens is 4. The van der Waals surface area contributed by atoms with Gasteiger partial charge in [0, 0.05) is 53.9 Å². The summed E-state index contributed by atoms with van der Waals surface area (Å²) >= 11 is 0. The summed E-state index contributed by atoms with van der Waals surface area (Å²) in [4.78, 5) is 23.9. The molecule has 3 aromatic heterocycles. The first-order chi connectivity index (χ1) is 13.7. The molecule has 8 nitrogen and oxygen atoms in total. The van der Waals surface area contributed by atoms with E-state index in [1.807, 2.05) is 18.2 Å². The molecule has 0 aliphatic rings. The van der Waals surface area contributed by atoms with E-state index in [9.17, 15) is 10.1 Å². The van der Waals surface area contributed by atoms with Crippen LogP contribution in [-0.2, 0) is 6.54 Å². The summed E-state index contributed by atoms with van der Waals surface area (Å²) in [5.41, 5.74) is 3.22. The van der Waals surface area contributed by atoms with Crippen LogP contribution in [0.25, 0.3) is 22.3 Å². The van der Waals surface area contributed by atoms with Crippen molar-refractivity contribution in [2.45, 2.75) is 19.9 Å². The van der Waals surface area contributed by atoms with Crippen LogP contribution in [0.2, 0.25) is 0 Å². The molecule has 0 spiro atoms. The Morgan fingerprint density at radius 3 is 2.86 bits per heavy atom. The number of nitro groups is 1. The van der Waals surface area contributed by atoms with Crippen molar-refractivity contribution in [2.75, 3.05) is 5.32 Å². The van der Waals surface area contributed by atoms with Crippen LogP contribution in [0, 0.1) is 10.1 Å². The molecule has 28 heavy (non-hydrogen) atoms. The maximum atomic E-state index is 11.0. The lowest BCUT2D eigenvalue weighted by Gasteiger charge is -2.06. The molecule has 0 aliphatic heterocycles. The lowest BCUT2D eigenvalue weighted by Crippen LogP contribution is -1.98. The highest BCUT2D eigenvalue weighted by atomic mass is 16.6. The van der Waals surface area contributed by atoms with Crippen LogP contribution in [0.15, 0.2) is 61.1 Å². The monoisotopic (exact) mass is 374 g/mol. The molecule has 0 atom stereocenters. The van der Waals surface area contributed by atoms with Gasteiger partial charge in [0.1, 0.15) is 5.65 Å². The van der Waals surface area contributed by atoms with E-state index in [-0.39, 0.29) is 5.69 Å². The summed E-state index contributed by atoms with van der Waals surface area (Å²) in [6.07, 6.45) is 6.51. The van der Waals surface area contributed by atoms with E-state index in [0.29, 0.717) is 11.6 Å². The molecule has 0 saturated carbocycles. The molecule has 1 aromatic carbocycles. The molecule has 4 aromatic rings. The third-order valence-electron chi connectivity index (χ3n) is 4.34. The molecule has 0 bridgehead atoms. The molecular formula is C20H18N6O2. The first-order valence-corrected chi connectivity index (χ1v) is 8.94. The minimum absolute atomic E-state index is 0.00913. The minimum Gasteiger partial charge on any atom is -0.332 e. The van der Waals surface area contributed by atoms with Gasteiger partial charge >= 0.3 is 0 Å². The Morgan fingerprint density at radius 2 is 2.04 bits per heavy atom. The first kappa shape index (κ1) is 17.6. The second-order valence-corrected chi connectivity index (χ2v) is 6.31. The topological polar surface area (TPSA) is 98.8 Å². The van der Waals surface area contributed by atoms with Crippen molar-refractivity contribution >= 4 is 28.4 Å². The van der Waals surface area contributed by atoms with Gasteiger partial charge in [-0.15, -0.1) is 0 Å². The maximum absolute atomic E-state index is 11.0. The number of hydrogen-bond donors (Lipinski definition) is 1. The van der Waals surface area contributed by atoms with E-state index in [2.05, 4.69) is 38.0 Å². The van der Waals surface area contributed by atoms with Crippen molar-refractivity contribution in [1.29, 1.82) is 0 Å². The zero-order chi connectivity index (χ0) is 19.5. The average molecular weight is 374 g/mol. The highest BCUT2D eigenvalue weighted by Crippen LogP contribution is 2.29. The quantitative estimate of drug-likeness (QED) is 0.392. The number of anilines is 2. The van der Waals surface area contributed by atoms with Gasteiger partial charge in [-0.05, 0) is 30.7 Å². The molecule has 0 fully saturated rings. The Morgan fingerprint density at radius 1 is 1.14 bits per heavy atom. The van der Waals surface area contributed by atoms with Crippen molar-refractivity contribution < 1.29 is 4.92 Å².